The Kier molecular flexibility index (Phi) is 5.29. The van der Waals surface area contributed by atoms with E-state index in [9.17, 15) is 4.79 Å². The summed E-state index contributed by atoms with van der Waals surface area (Å²) in [5.41, 5.74) is 1.68. The first-order valence-electron chi connectivity index (χ1n) is 5.15. The van der Waals surface area contributed by atoms with Gasteiger partial charge in [0, 0.05) is 22.5 Å². The molecule has 1 N–H and O–H groups in total. The summed E-state index contributed by atoms with van der Waals surface area (Å²) in [7, 11) is 0. The summed E-state index contributed by atoms with van der Waals surface area (Å²) in [5.74, 6) is 0.808. The minimum Gasteiger partial charge on any atom is -0.352 e. The van der Waals surface area contributed by atoms with Crippen LogP contribution in [0.25, 0.3) is 0 Å². The first-order chi connectivity index (χ1) is 7.54. The summed E-state index contributed by atoms with van der Waals surface area (Å²) in [6, 6.07) is 5.62. The van der Waals surface area contributed by atoms with Crippen molar-refractivity contribution in [1.29, 1.82) is 0 Å². The Hall–Kier alpha value is -0.540. The molecule has 0 aliphatic heterocycles. The molecule has 0 bridgehead atoms. The van der Waals surface area contributed by atoms with Crippen molar-refractivity contribution in [2.24, 2.45) is 5.92 Å². The average molecular weight is 305 g/mol. The molecule has 0 saturated heterocycles. The van der Waals surface area contributed by atoms with Gasteiger partial charge in [-0.05, 0) is 36.6 Å². The van der Waals surface area contributed by atoms with Crippen LogP contribution in [0.5, 0.6) is 0 Å². The number of rotatable bonds is 4. The van der Waals surface area contributed by atoms with Crippen LogP contribution in [-0.4, -0.2) is 18.3 Å². The lowest BCUT2D eigenvalue weighted by Gasteiger charge is -2.11. The molecule has 1 unspecified atom stereocenters. The number of alkyl halides is 1. The van der Waals surface area contributed by atoms with E-state index < -0.39 is 0 Å². The number of benzene rings is 1. The highest BCUT2D eigenvalue weighted by Gasteiger charge is 2.09. The van der Waals surface area contributed by atoms with Gasteiger partial charge in [-0.2, -0.15) is 0 Å². The Morgan fingerprint density at radius 2 is 2.25 bits per heavy atom. The van der Waals surface area contributed by atoms with Gasteiger partial charge < -0.3 is 5.32 Å². The Morgan fingerprint density at radius 1 is 1.56 bits per heavy atom. The van der Waals surface area contributed by atoms with Crippen LogP contribution < -0.4 is 5.32 Å². The maximum Gasteiger partial charge on any atom is 0.251 e. The Morgan fingerprint density at radius 3 is 2.81 bits per heavy atom. The van der Waals surface area contributed by atoms with E-state index in [0.29, 0.717) is 23.9 Å². The molecule has 1 rings (SSSR count). The predicted octanol–water partition coefficient (Wildman–Crippen LogP) is 3.36. The molecular weight excluding hydrogens is 289 g/mol. The molecule has 0 heterocycles. The number of carbonyl (C=O) groups is 1. The van der Waals surface area contributed by atoms with Gasteiger partial charge >= 0.3 is 0 Å². The molecule has 1 amide bonds. The third-order valence-electron chi connectivity index (χ3n) is 2.31. The van der Waals surface area contributed by atoms with Gasteiger partial charge in [-0.1, -0.05) is 22.9 Å². The van der Waals surface area contributed by atoms with Crippen LogP contribution >= 0.6 is 27.5 Å². The monoisotopic (exact) mass is 303 g/mol. The second kappa shape index (κ2) is 6.26. The van der Waals surface area contributed by atoms with Crippen LogP contribution in [0.3, 0.4) is 0 Å². The molecule has 0 aliphatic carbocycles. The SMILES string of the molecule is Cc1cc(Br)ccc1C(=O)NCC(C)CCl. The van der Waals surface area contributed by atoms with Gasteiger partial charge in [0.1, 0.15) is 0 Å². The van der Waals surface area contributed by atoms with E-state index in [0.717, 1.165) is 10.0 Å². The number of hydrogen-bond acceptors (Lipinski definition) is 1. The van der Waals surface area contributed by atoms with Crippen molar-refractivity contribution in [2.45, 2.75) is 13.8 Å². The summed E-state index contributed by atoms with van der Waals surface area (Å²) < 4.78 is 0.982. The van der Waals surface area contributed by atoms with Crippen LogP contribution in [0.2, 0.25) is 0 Å². The third kappa shape index (κ3) is 3.80. The van der Waals surface area contributed by atoms with Crippen molar-refractivity contribution < 1.29 is 4.79 Å². The molecule has 88 valence electrons. The summed E-state index contributed by atoms with van der Waals surface area (Å²) in [5, 5.41) is 2.87. The molecular formula is C12H15BrClNO. The van der Waals surface area contributed by atoms with Gasteiger partial charge in [0.2, 0.25) is 0 Å². The average Bonchev–Trinajstić information content (AvgIpc) is 2.25. The fraction of sp³-hybridized carbons (Fsp3) is 0.417. The van der Waals surface area contributed by atoms with Crippen molar-refractivity contribution >= 4 is 33.4 Å². The van der Waals surface area contributed by atoms with Crippen LogP contribution in [-0.2, 0) is 0 Å². The molecule has 0 aromatic heterocycles. The zero-order valence-electron chi connectivity index (χ0n) is 9.39. The molecule has 0 radical (unpaired) electrons. The maximum atomic E-state index is 11.8. The zero-order valence-corrected chi connectivity index (χ0v) is 11.7. The minimum atomic E-state index is -0.0398. The number of aryl methyl sites for hydroxylation is 1. The van der Waals surface area contributed by atoms with Gasteiger partial charge in [-0.3, -0.25) is 4.79 Å². The third-order valence-corrected chi connectivity index (χ3v) is 3.33. The predicted molar refractivity (Wildman–Crippen MR) is 71.1 cm³/mol. The van der Waals surface area contributed by atoms with E-state index in [-0.39, 0.29) is 5.91 Å². The first-order valence-corrected chi connectivity index (χ1v) is 6.47. The first kappa shape index (κ1) is 13.5. The number of nitrogens with one attached hydrogen (secondary N) is 1. The van der Waals surface area contributed by atoms with Crippen LogP contribution in [0.15, 0.2) is 22.7 Å². The number of amides is 1. The zero-order chi connectivity index (χ0) is 12.1. The maximum absolute atomic E-state index is 11.8. The fourth-order valence-corrected chi connectivity index (χ4v) is 1.88. The summed E-state index contributed by atoms with van der Waals surface area (Å²) in [6.45, 7) is 4.53. The van der Waals surface area contributed by atoms with Gasteiger partial charge in [-0.25, -0.2) is 0 Å². The largest absolute Gasteiger partial charge is 0.352 e. The topological polar surface area (TPSA) is 29.1 Å². The summed E-state index contributed by atoms with van der Waals surface area (Å²) in [6.07, 6.45) is 0. The van der Waals surface area contributed by atoms with Gasteiger partial charge in [0.05, 0.1) is 0 Å². The Bertz CT molecular complexity index is 381. The summed E-state index contributed by atoms with van der Waals surface area (Å²) >= 11 is 9.05. The summed E-state index contributed by atoms with van der Waals surface area (Å²) in [4.78, 5) is 11.8. The van der Waals surface area contributed by atoms with E-state index >= 15 is 0 Å². The molecule has 4 heteroatoms. The van der Waals surface area contributed by atoms with Gasteiger partial charge in [0.15, 0.2) is 0 Å². The second-order valence-corrected chi connectivity index (χ2v) is 5.15. The number of carbonyl (C=O) groups excluding carboxylic acids is 1. The quantitative estimate of drug-likeness (QED) is 0.849. The van der Waals surface area contributed by atoms with E-state index in [4.69, 9.17) is 11.6 Å². The smallest absolute Gasteiger partial charge is 0.251 e. The number of hydrogen-bond donors (Lipinski definition) is 1. The Labute approximate surface area is 110 Å². The standard InChI is InChI=1S/C12H15BrClNO/c1-8(6-14)7-15-12(16)11-4-3-10(13)5-9(11)2/h3-5,8H,6-7H2,1-2H3,(H,15,16). The van der Waals surface area contributed by atoms with Crippen LogP contribution in [0.1, 0.15) is 22.8 Å². The molecule has 16 heavy (non-hydrogen) atoms. The van der Waals surface area contributed by atoms with Crippen molar-refractivity contribution in [2.75, 3.05) is 12.4 Å². The lowest BCUT2D eigenvalue weighted by molar-refractivity contribution is 0.0948. The lowest BCUT2D eigenvalue weighted by atomic mass is 10.1. The van der Waals surface area contributed by atoms with Crippen molar-refractivity contribution in [3.63, 3.8) is 0 Å². The molecule has 1 aromatic rings. The highest BCUT2D eigenvalue weighted by Crippen LogP contribution is 2.15. The second-order valence-electron chi connectivity index (χ2n) is 3.93. The molecule has 0 aliphatic rings. The van der Waals surface area contributed by atoms with Crippen molar-refractivity contribution in [3.8, 4) is 0 Å². The van der Waals surface area contributed by atoms with E-state index in [1.807, 2.05) is 32.0 Å². The van der Waals surface area contributed by atoms with Crippen molar-refractivity contribution in [3.05, 3.63) is 33.8 Å². The normalized spacial score (nSPS) is 12.2. The fourth-order valence-electron chi connectivity index (χ4n) is 1.30. The van der Waals surface area contributed by atoms with Gasteiger partial charge in [0.25, 0.3) is 5.91 Å². The lowest BCUT2D eigenvalue weighted by Crippen LogP contribution is -2.29. The minimum absolute atomic E-state index is 0.0398. The molecule has 1 aromatic carbocycles. The highest BCUT2D eigenvalue weighted by atomic mass is 79.9. The highest BCUT2D eigenvalue weighted by molar-refractivity contribution is 9.10. The molecule has 0 saturated carbocycles. The molecule has 1 atom stereocenters. The van der Waals surface area contributed by atoms with Crippen molar-refractivity contribution in [1.82, 2.24) is 5.32 Å². The van der Waals surface area contributed by atoms with Crippen LogP contribution in [0, 0.1) is 12.8 Å². The van der Waals surface area contributed by atoms with E-state index in [2.05, 4.69) is 21.2 Å². The molecule has 2 nitrogen and oxygen atoms in total. The van der Waals surface area contributed by atoms with Crippen LogP contribution in [0.4, 0.5) is 0 Å². The molecule has 0 spiro atoms. The Balaban J connectivity index is 2.66. The van der Waals surface area contributed by atoms with Gasteiger partial charge in [-0.15, -0.1) is 11.6 Å². The van der Waals surface area contributed by atoms with E-state index in [1.54, 1.807) is 0 Å². The van der Waals surface area contributed by atoms with E-state index in [1.165, 1.54) is 0 Å². The molecule has 0 fully saturated rings. The number of halogens is 2.